The van der Waals surface area contributed by atoms with E-state index in [9.17, 15) is 9.59 Å². The van der Waals surface area contributed by atoms with E-state index in [-0.39, 0.29) is 11.9 Å². The number of thiophene rings is 1. The molecule has 0 aromatic carbocycles. The van der Waals surface area contributed by atoms with Crippen LogP contribution < -0.4 is 0 Å². The second-order valence-electron chi connectivity index (χ2n) is 6.12. The lowest BCUT2D eigenvalue weighted by molar-refractivity contribution is -0.159. The van der Waals surface area contributed by atoms with E-state index in [2.05, 4.69) is 0 Å². The fourth-order valence-corrected chi connectivity index (χ4v) is 3.23. The van der Waals surface area contributed by atoms with Crippen molar-refractivity contribution in [1.82, 2.24) is 4.90 Å². The molecule has 1 amide bonds. The number of carbonyl (C=O) groups excluding carboxylic acids is 2. The van der Waals surface area contributed by atoms with Gasteiger partial charge in [-0.2, -0.15) is 0 Å². The average Bonchev–Trinajstić information content (AvgIpc) is 2.93. The number of ether oxygens (including phenoxy) is 1. The van der Waals surface area contributed by atoms with Gasteiger partial charge in [0, 0.05) is 6.54 Å². The Kier molecular flexibility index (Phi) is 4.18. The minimum atomic E-state index is -0.521. The monoisotopic (exact) mass is 295 g/mol. The second kappa shape index (κ2) is 5.56. The summed E-state index contributed by atoms with van der Waals surface area (Å²) < 4.78 is 5.42. The van der Waals surface area contributed by atoms with Crippen LogP contribution in [0.15, 0.2) is 11.4 Å². The van der Waals surface area contributed by atoms with Gasteiger partial charge in [-0.3, -0.25) is 4.79 Å². The molecule has 1 saturated heterocycles. The Bertz CT molecular complexity index is 515. The Morgan fingerprint density at radius 2 is 2.10 bits per heavy atom. The van der Waals surface area contributed by atoms with Crippen molar-refractivity contribution in [2.24, 2.45) is 0 Å². The Labute approximate surface area is 123 Å². The van der Waals surface area contributed by atoms with Crippen LogP contribution >= 0.6 is 11.3 Å². The number of hydrogen-bond donors (Lipinski definition) is 0. The highest BCUT2D eigenvalue weighted by molar-refractivity contribution is 7.12. The maximum Gasteiger partial charge on any atom is 0.329 e. The summed E-state index contributed by atoms with van der Waals surface area (Å²) in [6.45, 7) is 8.07. The van der Waals surface area contributed by atoms with E-state index in [1.807, 2.05) is 39.1 Å². The van der Waals surface area contributed by atoms with E-state index in [4.69, 9.17) is 4.74 Å². The number of nitrogens with zero attached hydrogens (tertiary/aromatic N) is 1. The Hall–Kier alpha value is -1.36. The zero-order valence-corrected chi connectivity index (χ0v) is 13.3. The van der Waals surface area contributed by atoms with E-state index in [1.54, 1.807) is 4.90 Å². The molecule has 1 aliphatic rings. The lowest BCUT2D eigenvalue weighted by atomic mass is 10.1. The van der Waals surface area contributed by atoms with Gasteiger partial charge in [-0.1, -0.05) is 0 Å². The molecule has 110 valence electrons. The fraction of sp³-hybridized carbons (Fsp3) is 0.600. The van der Waals surface area contributed by atoms with Crippen LogP contribution in [0, 0.1) is 6.92 Å². The molecular formula is C15H21NO3S. The molecule has 1 aromatic heterocycles. The summed E-state index contributed by atoms with van der Waals surface area (Å²) >= 11 is 1.43. The van der Waals surface area contributed by atoms with Gasteiger partial charge in [0.25, 0.3) is 5.91 Å². The van der Waals surface area contributed by atoms with Crippen LogP contribution in [0.4, 0.5) is 0 Å². The molecule has 0 aliphatic carbocycles. The minimum Gasteiger partial charge on any atom is -0.458 e. The second-order valence-corrected chi connectivity index (χ2v) is 7.04. The molecule has 1 aromatic rings. The topological polar surface area (TPSA) is 46.6 Å². The fourth-order valence-electron chi connectivity index (χ4n) is 2.35. The Morgan fingerprint density at radius 3 is 2.65 bits per heavy atom. The molecular weight excluding hydrogens is 274 g/mol. The van der Waals surface area contributed by atoms with Crippen LogP contribution in [0.5, 0.6) is 0 Å². The molecule has 2 rings (SSSR count). The van der Waals surface area contributed by atoms with Gasteiger partial charge in [0.15, 0.2) is 0 Å². The summed E-state index contributed by atoms with van der Waals surface area (Å²) in [5.41, 5.74) is 0.447. The van der Waals surface area contributed by atoms with Gasteiger partial charge in [-0.15, -0.1) is 11.3 Å². The first-order valence-corrected chi connectivity index (χ1v) is 7.75. The first-order chi connectivity index (χ1) is 9.29. The SMILES string of the molecule is Cc1ccsc1C(=O)N1CCC[C@H]1C(=O)OC(C)(C)C. The summed E-state index contributed by atoms with van der Waals surface area (Å²) in [5.74, 6) is -0.344. The predicted octanol–water partition coefficient (Wildman–Crippen LogP) is 3.00. The molecule has 0 unspecified atom stereocenters. The van der Waals surface area contributed by atoms with Crippen molar-refractivity contribution in [1.29, 1.82) is 0 Å². The zero-order valence-electron chi connectivity index (χ0n) is 12.4. The highest BCUT2D eigenvalue weighted by atomic mass is 32.1. The molecule has 1 fully saturated rings. The van der Waals surface area contributed by atoms with Gasteiger partial charge in [0.1, 0.15) is 11.6 Å². The van der Waals surface area contributed by atoms with Gasteiger partial charge >= 0.3 is 5.97 Å². The zero-order chi connectivity index (χ0) is 14.9. The third kappa shape index (κ3) is 3.20. The lowest BCUT2D eigenvalue weighted by Crippen LogP contribution is -2.43. The summed E-state index contributed by atoms with van der Waals surface area (Å²) in [5, 5.41) is 1.90. The van der Waals surface area contributed by atoms with E-state index in [0.717, 1.165) is 16.9 Å². The first kappa shape index (κ1) is 15.0. The maximum atomic E-state index is 12.5. The van der Waals surface area contributed by atoms with Gasteiger partial charge in [-0.05, 0) is 57.5 Å². The normalized spacial score (nSPS) is 19.2. The third-order valence-electron chi connectivity index (χ3n) is 3.25. The standard InChI is InChI=1S/C15H21NO3S/c1-10-7-9-20-12(10)13(17)16-8-5-6-11(16)14(18)19-15(2,3)4/h7,9,11H,5-6,8H2,1-4H3/t11-/m0/s1. The number of esters is 1. The van der Waals surface area contributed by atoms with Gasteiger partial charge < -0.3 is 9.64 Å². The van der Waals surface area contributed by atoms with Crippen molar-refractivity contribution < 1.29 is 14.3 Å². The molecule has 20 heavy (non-hydrogen) atoms. The first-order valence-electron chi connectivity index (χ1n) is 6.87. The number of rotatable bonds is 2. The van der Waals surface area contributed by atoms with E-state index < -0.39 is 11.6 Å². The van der Waals surface area contributed by atoms with Crippen LogP contribution in [-0.2, 0) is 9.53 Å². The van der Waals surface area contributed by atoms with Crippen LogP contribution in [0.3, 0.4) is 0 Å². The summed E-state index contributed by atoms with van der Waals surface area (Å²) in [6, 6.07) is 1.49. The number of aryl methyl sites for hydroxylation is 1. The van der Waals surface area contributed by atoms with Crippen molar-refractivity contribution in [3.63, 3.8) is 0 Å². The van der Waals surface area contributed by atoms with Crippen LogP contribution in [-0.4, -0.2) is 35.0 Å². The largest absolute Gasteiger partial charge is 0.458 e. The van der Waals surface area contributed by atoms with Crippen molar-refractivity contribution in [2.45, 2.75) is 52.2 Å². The quantitative estimate of drug-likeness (QED) is 0.788. The van der Waals surface area contributed by atoms with E-state index in [0.29, 0.717) is 13.0 Å². The average molecular weight is 295 g/mol. The van der Waals surface area contributed by atoms with Crippen molar-refractivity contribution in [2.75, 3.05) is 6.54 Å². The smallest absolute Gasteiger partial charge is 0.329 e. The predicted molar refractivity (Wildman–Crippen MR) is 79.0 cm³/mol. The van der Waals surface area contributed by atoms with Gasteiger partial charge in [0.2, 0.25) is 0 Å². The molecule has 0 spiro atoms. The molecule has 1 aliphatic heterocycles. The van der Waals surface area contributed by atoms with Crippen LogP contribution in [0.2, 0.25) is 0 Å². The third-order valence-corrected chi connectivity index (χ3v) is 4.25. The van der Waals surface area contributed by atoms with Crippen LogP contribution in [0.25, 0.3) is 0 Å². The summed E-state index contributed by atoms with van der Waals surface area (Å²) in [7, 11) is 0. The summed E-state index contributed by atoms with van der Waals surface area (Å²) in [4.78, 5) is 27.1. The molecule has 1 atom stereocenters. The number of amides is 1. The molecule has 0 radical (unpaired) electrons. The van der Waals surface area contributed by atoms with Gasteiger partial charge in [-0.25, -0.2) is 4.79 Å². The van der Waals surface area contributed by atoms with Gasteiger partial charge in [0.05, 0.1) is 4.88 Å². The molecule has 4 nitrogen and oxygen atoms in total. The Morgan fingerprint density at radius 1 is 1.40 bits per heavy atom. The molecule has 0 N–H and O–H groups in total. The van der Waals surface area contributed by atoms with Crippen molar-refractivity contribution >= 4 is 23.2 Å². The van der Waals surface area contributed by atoms with Crippen LogP contribution in [0.1, 0.15) is 48.8 Å². The summed E-state index contributed by atoms with van der Waals surface area (Å²) in [6.07, 6.45) is 1.53. The van der Waals surface area contributed by atoms with E-state index in [1.165, 1.54) is 11.3 Å². The number of hydrogen-bond acceptors (Lipinski definition) is 4. The number of likely N-dealkylation sites (tertiary alicyclic amines) is 1. The highest BCUT2D eigenvalue weighted by Gasteiger charge is 2.37. The van der Waals surface area contributed by atoms with Crippen molar-refractivity contribution in [3.8, 4) is 0 Å². The lowest BCUT2D eigenvalue weighted by Gasteiger charge is -2.27. The highest BCUT2D eigenvalue weighted by Crippen LogP contribution is 2.26. The Balaban J connectivity index is 2.13. The molecule has 2 heterocycles. The molecule has 5 heteroatoms. The molecule has 0 bridgehead atoms. The van der Waals surface area contributed by atoms with E-state index >= 15 is 0 Å². The number of carbonyl (C=O) groups is 2. The van der Waals surface area contributed by atoms with Crippen molar-refractivity contribution in [3.05, 3.63) is 21.9 Å². The minimum absolute atomic E-state index is 0.0501. The maximum absolute atomic E-state index is 12.5. The molecule has 0 saturated carbocycles.